The zero-order chi connectivity index (χ0) is 17.0. The molecule has 0 radical (unpaired) electrons. The fraction of sp³-hybridized carbons (Fsp3) is 0.900. The first-order valence-electron chi connectivity index (χ1n) is 9.71. The van der Waals surface area contributed by atoms with E-state index in [1.165, 1.54) is 43.4 Å². The summed E-state index contributed by atoms with van der Waals surface area (Å²) in [5, 5.41) is 0. The second-order valence-electron chi connectivity index (χ2n) is 8.49. The summed E-state index contributed by atoms with van der Waals surface area (Å²) in [6.07, 6.45) is 10.9. The molecular weight excluding hydrogens is 286 g/mol. The number of fused-ring (bicyclic) bond motifs is 1. The maximum atomic E-state index is 12.2. The van der Waals surface area contributed by atoms with Crippen LogP contribution in [0.15, 0.2) is 0 Å². The molecule has 4 atom stereocenters. The van der Waals surface area contributed by atoms with E-state index in [0.717, 1.165) is 31.1 Å². The lowest BCUT2D eigenvalue weighted by Gasteiger charge is -2.29. The zero-order valence-electron chi connectivity index (χ0n) is 15.5. The Morgan fingerprint density at radius 2 is 1.61 bits per heavy atom. The van der Waals surface area contributed by atoms with Crippen molar-refractivity contribution in [3.63, 3.8) is 0 Å². The molecule has 0 N–H and O–H groups in total. The number of rotatable bonds is 8. The summed E-state index contributed by atoms with van der Waals surface area (Å²) in [7, 11) is 1.65. The van der Waals surface area contributed by atoms with Crippen LogP contribution in [0, 0.1) is 29.6 Å². The van der Waals surface area contributed by atoms with E-state index in [0.29, 0.717) is 5.92 Å². The van der Waals surface area contributed by atoms with E-state index >= 15 is 0 Å². The van der Waals surface area contributed by atoms with Crippen molar-refractivity contribution >= 4 is 11.8 Å². The molecule has 0 aromatic carbocycles. The third kappa shape index (κ3) is 4.81. The van der Waals surface area contributed by atoms with Gasteiger partial charge < -0.3 is 0 Å². The lowest BCUT2D eigenvalue weighted by atomic mass is 9.73. The van der Waals surface area contributed by atoms with Crippen LogP contribution in [0.4, 0.5) is 0 Å². The summed E-state index contributed by atoms with van der Waals surface area (Å²) in [5.41, 5.74) is 0. The van der Waals surface area contributed by atoms with Gasteiger partial charge in [0.05, 0.1) is 11.8 Å². The summed E-state index contributed by atoms with van der Waals surface area (Å²) in [5.74, 6) is 2.44. The third-order valence-electron chi connectivity index (χ3n) is 6.04. The van der Waals surface area contributed by atoms with Crippen LogP contribution in [0.5, 0.6) is 0 Å². The number of amides is 2. The van der Waals surface area contributed by atoms with Crippen molar-refractivity contribution in [3.8, 4) is 0 Å². The number of likely N-dealkylation sites (tertiary alicyclic amines) is 1. The molecule has 1 aliphatic carbocycles. The van der Waals surface area contributed by atoms with Gasteiger partial charge in [-0.25, -0.2) is 0 Å². The predicted molar refractivity (Wildman–Crippen MR) is 93.8 cm³/mol. The van der Waals surface area contributed by atoms with Crippen molar-refractivity contribution in [1.82, 2.24) is 4.90 Å². The van der Waals surface area contributed by atoms with Crippen LogP contribution in [-0.4, -0.2) is 23.8 Å². The van der Waals surface area contributed by atoms with Gasteiger partial charge >= 0.3 is 0 Å². The molecule has 2 fully saturated rings. The SMILES string of the molecule is CC(C)CCCC(C)CCCC1CCC2C(=O)N(C)C(=O)C2C1. The first-order chi connectivity index (χ1) is 10.9. The predicted octanol–water partition coefficient (Wildman–Crippen LogP) is 4.65. The fourth-order valence-electron chi connectivity index (χ4n) is 4.47. The average Bonchev–Trinajstić information content (AvgIpc) is 2.72. The summed E-state index contributed by atoms with van der Waals surface area (Å²) in [6.45, 7) is 6.98. The highest BCUT2D eigenvalue weighted by molar-refractivity contribution is 6.04. The summed E-state index contributed by atoms with van der Waals surface area (Å²) in [4.78, 5) is 25.5. The van der Waals surface area contributed by atoms with Crippen molar-refractivity contribution in [2.24, 2.45) is 29.6 Å². The molecule has 2 aliphatic rings. The highest BCUT2D eigenvalue weighted by atomic mass is 16.2. The summed E-state index contributed by atoms with van der Waals surface area (Å²) < 4.78 is 0. The Morgan fingerprint density at radius 1 is 0.957 bits per heavy atom. The third-order valence-corrected chi connectivity index (χ3v) is 6.04. The molecule has 3 nitrogen and oxygen atoms in total. The van der Waals surface area contributed by atoms with Crippen LogP contribution in [-0.2, 0) is 9.59 Å². The van der Waals surface area contributed by atoms with E-state index in [1.807, 2.05) is 0 Å². The van der Waals surface area contributed by atoms with Gasteiger partial charge in [0.25, 0.3) is 0 Å². The van der Waals surface area contributed by atoms with Crippen LogP contribution < -0.4 is 0 Å². The number of nitrogens with zero attached hydrogens (tertiary/aromatic N) is 1. The van der Waals surface area contributed by atoms with Gasteiger partial charge in [-0.05, 0) is 37.0 Å². The van der Waals surface area contributed by atoms with Crippen LogP contribution in [0.25, 0.3) is 0 Å². The number of hydrogen-bond acceptors (Lipinski definition) is 2. The van der Waals surface area contributed by atoms with Gasteiger partial charge in [-0.3, -0.25) is 14.5 Å². The van der Waals surface area contributed by atoms with E-state index in [1.54, 1.807) is 7.05 Å². The summed E-state index contributed by atoms with van der Waals surface area (Å²) >= 11 is 0. The Balaban J connectivity index is 1.66. The van der Waals surface area contributed by atoms with Crippen LogP contribution in [0.2, 0.25) is 0 Å². The van der Waals surface area contributed by atoms with Crippen molar-refractivity contribution in [1.29, 1.82) is 0 Å². The zero-order valence-corrected chi connectivity index (χ0v) is 15.5. The maximum absolute atomic E-state index is 12.2. The molecule has 1 heterocycles. The van der Waals surface area contributed by atoms with E-state index < -0.39 is 0 Å². The minimum absolute atomic E-state index is 0.00120. The average molecular weight is 322 g/mol. The van der Waals surface area contributed by atoms with Gasteiger partial charge in [0.1, 0.15) is 0 Å². The molecule has 0 bridgehead atoms. The lowest BCUT2D eigenvalue weighted by molar-refractivity contribution is -0.138. The van der Waals surface area contributed by atoms with E-state index in [9.17, 15) is 9.59 Å². The molecule has 3 heteroatoms. The largest absolute Gasteiger partial charge is 0.285 e. The van der Waals surface area contributed by atoms with Gasteiger partial charge in [0, 0.05) is 7.05 Å². The molecule has 1 saturated heterocycles. The Labute approximate surface area is 142 Å². The Morgan fingerprint density at radius 3 is 2.30 bits per heavy atom. The maximum Gasteiger partial charge on any atom is 0.232 e. The smallest absolute Gasteiger partial charge is 0.232 e. The molecule has 4 unspecified atom stereocenters. The second kappa shape index (κ2) is 8.30. The van der Waals surface area contributed by atoms with E-state index in [4.69, 9.17) is 0 Å². The Hall–Kier alpha value is -0.860. The number of hydrogen-bond donors (Lipinski definition) is 0. The quantitative estimate of drug-likeness (QED) is 0.610. The van der Waals surface area contributed by atoms with E-state index in [-0.39, 0.29) is 23.7 Å². The van der Waals surface area contributed by atoms with Crippen LogP contribution in [0.3, 0.4) is 0 Å². The standard InChI is InChI=1S/C20H35NO2/c1-14(2)7-5-8-15(3)9-6-10-16-11-12-17-18(13-16)20(23)21(4)19(17)22/h14-18H,5-13H2,1-4H3. The molecule has 0 spiro atoms. The fourth-order valence-corrected chi connectivity index (χ4v) is 4.47. The van der Waals surface area contributed by atoms with Crippen molar-refractivity contribution in [2.45, 2.75) is 78.6 Å². The molecule has 132 valence electrons. The van der Waals surface area contributed by atoms with Crippen LogP contribution in [0.1, 0.15) is 78.6 Å². The highest BCUT2D eigenvalue weighted by Gasteiger charge is 2.48. The van der Waals surface area contributed by atoms with Gasteiger partial charge in [-0.1, -0.05) is 59.3 Å². The number of carbonyl (C=O) groups excluding carboxylic acids is 2. The molecule has 23 heavy (non-hydrogen) atoms. The lowest BCUT2D eigenvalue weighted by Crippen LogP contribution is -2.27. The Bertz CT molecular complexity index is 418. The molecule has 1 aliphatic heterocycles. The van der Waals surface area contributed by atoms with Crippen molar-refractivity contribution in [2.75, 3.05) is 7.05 Å². The normalized spacial score (nSPS) is 29.3. The highest BCUT2D eigenvalue weighted by Crippen LogP contribution is 2.41. The molecule has 0 aromatic heterocycles. The second-order valence-corrected chi connectivity index (χ2v) is 8.49. The van der Waals surface area contributed by atoms with Gasteiger partial charge in [-0.2, -0.15) is 0 Å². The molecule has 1 saturated carbocycles. The molecule has 2 amide bonds. The minimum atomic E-state index is -0.00489. The number of carbonyl (C=O) groups is 2. The monoisotopic (exact) mass is 321 g/mol. The molecular formula is C20H35NO2. The topological polar surface area (TPSA) is 37.4 Å². The molecule has 0 aromatic rings. The van der Waals surface area contributed by atoms with E-state index in [2.05, 4.69) is 20.8 Å². The first kappa shape index (κ1) is 18.5. The minimum Gasteiger partial charge on any atom is -0.285 e. The Kier molecular flexibility index (Phi) is 6.67. The van der Waals surface area contributed by atoms with Gasteiger partial charge in [0.15, 0.2) is 0 Å². The number of imide groups is 1. The van der Waals surface area contributed by atoms with Crippen LogP contribution >= 0.6 is 0 Å². The summed E-state index contributed by atoms with van der Waals surface area (Å²) in [6, 6.07) is 0. The van der Waals surface area contributed by atoms with Gasteiger partial charge in [0.2, 0.25) is 11.8 Å². The molecule has 2 rings (SSSR count). The first-order valence-corrected chi connectivity index (χ1v) is 9.71. The van der Waals surface area contributed by atoms with Crippen molar-refractivity contribution < 1.29 is 9.59 Å². The van der Waals surface area contributed by atoms with Gasteiger partial charge in [-0.15, -0.1) is 0 Å². The van der Waals surface area contributed by atoms with Crippen molar-refractivity contribution in [3.05, 3.63) is 0 Å².